The van der Waals surface area contributed by atoms with E-state index in [0.29, 0.717) is 6.54 Å². The van der Waals surface area contributed by atoms with E-state index in [1.165, 1.54) is 0 Å². The summed E-state index contributed by atoms with van der Waals surface area (Å²) in [7, 11) is -0.357. The molecule has 3 rings (SSSR count). The van der Waals surface area contributed by atoms with Crippen LogP contribution in [0.1, 0.15) is 46.1 Å². The summed E-state index contributed by atoms with van der Waals surface area (Å²) in [6.07, 6.45) is 2.06. The zero-order chi connectivity index (χ0) is 16.0. The van der Waals surface area contributed by atoms with Crippen molar-refractivity contribution in [3.05, 3.63) is 29.8 Å². The van der Waals surface area contributed by atoms with Gasteiger partial charge in [0, 0.05) is 12.5 Å². The molecule has 0 bridgehead atoms. The van der Waals surface area contributed by atoms with E-state index in [9.17, 15) is 4.79 Å². The molecule has 2 fully saturated rings. The fraction of sp³-hybridized carbons (Fsp3) is 0.588. The van der Waals surface area contributed by atoms with Crippen LogP contribution >= 0.6 is 0 Å². The number of benzene rings is 1. The fourth-order valence-corrected chi connectivity index (χ4v) is 2.51. The Morgan fingerprint density at radius 3 is 2.45 bits per heavy atom. The van der Waals surface area contributed by atoms with E-state index in [4.69, 9.17) is 9.31 Å². The van der Waals surface area contributed by atoms with Gasteiger partial charge >= 0.3 is 7.12 Å². The highest BCUT2D eigenvalue weighted by molar-refractivity contribution is 6.62. The van der Waals surface area contributed by atoms with Gasteiger partial charge in [0.15, 0.2) is 0 Å². The Kier molecular flexibility index (Phi) is 3.81. The molecule has 1 aromatic carbocycles. The lowest BCUT2D eigenvalue weighted by Gasteiger charge is -2.32. The van der Waals surface area contributed by atoms with Gasteiger partial charge in [-0.25, -0.2) is 0 Å². The first-order valence-electron chi connectivity index (χ1n) is 8.01. The average molecular weight is 301 g/mol. The summed E-state index contributed by atoms with van der Waals surface area (Å²) < 4.78 is 12.1. The van der Waals surface area contributed by atoms with Crippen LogP contribution in [-0.4, -0.2) is 24.2 Å². The van der Waals surface area contributed by atoms with Gasteiger partial charge in [-0.15, -0.1) is 0 Å². The third-order valence-corrected chi connectivity index (χ3v) is 4.89. The first-order valence-corrected chi connectivity index (χ1v) is 8.01. The molecule has 1 amide bonds. The Balaban J connectivity index is 1.67. The number of nitrogens with one attached hydrogen (secondary N) is 1. The van der Waals surface area contributed by atoms with Crippen molar-refractivity contribution in [2.24, 2.45) is 5.92 Å². The summed E-state index contributed by atoms with van der Waals surface area (Å²) in [4.78, 5) is 11.7. The van der Waals surface area contributed by atoms with Gasteiger partial charge in [0.2, 0.25) is 5.91 Å². The highest BCUT2D eigenvalue weighted by atomic mass is 16.7. The molecule has 118 valence electrons. The Morgan fingerprint density at radius 1 is 1.23 bits per heavy atom. The SMILES string of the molecule is CC1(C)OB(c2cccc(CNC(=O)C3CC3)c2)OC1(C)C. The van der Waals surface area contributed by atoms with Crippen molar-refractivity contribution >= 4 is 18.5 Å². The molecule has 4 nitrogen and oxygen atoms in total. The number of hydrogen-bond donors (Lipinski definition) is 1. The van der Waals surface area contributed by atoms with E-state index < -0.39 is 0 Å². The third-order valence-electron chi connectivity index (χ3n) is 4.89. The first-order chi connectivity index (χ1) is 10.3. The maximum atomic E-state index is 11.7. The number of carbonyl (C=O) groups excluding carboxylic acids is 1. The molecular weight excluding hydrogens is 277 g/mol. The molecule has 1 saturated carbocycles. The second kappa shape index (κ2) is 5.39. The summed E-state index contributed by atoms with van der Waals surface area (Å²) in [6, 6.07) is 8.06. The van der Waals surface area contributed by atoms with Gasteiger partial charge in [-0.05, 0) is 51.6 Å². The molecule has 0 radical (unpaired) electrons. The molecule has 5 heteroatoms. The molecule has 1 aliphatic heterocycles. The third kappa shape index (κ3) is 3.06. The quantitative estimate of drug-likeness (QED) is 0.866. The van der Waals surface area contributed by atoms with E-state index in [-0.39, 0.29) is 30.1 Å². The van der Waals surface area contributed by atoms with E-state index in [0.717, 1.165) is 23.9 Å². The molecule has 1 saturated heterocycles. The number of amides is 1. The van der Waals surface area contributed by atoms with E-state index in [2.05, 4.69) is 11.4 Å². The molecule has 1 N–H and O–H groups in total. The second-order valence-corrected chi connectivity index (χ2v) is 7.33. The highest BCUT2D eigenvalue weighted by Crippen LogP contribution is 2.36. The summed E-state index contributed by atoms with van der Waals surface area (Å²) >= 11 is 0. The summed E-state index contributed by atoms with van der Waals surface area (Å²) in [5, 5.41) is 2.99. The standard InChI is InChI=1S/C17H24BNO3/c1-16(2)17(3,4)22-18(21-16)14-7-5-6-12(10-14)11-19-15(20)13-8-9-13/h5-7,10,13H,8-9,11H2,1-4H3,(H,19,20). The molecule has 2 aliphatic rings. The minimum Gasteiger partial charge on any atom is -0.399 e. The van der Waals surface area contributed by atoms with Crippen LogP contribution in [0.2, 0.25) is 0 Å². The maximum absolute atomic E-state index is 11.7. The summed E-state index contributed by atoms with van der Waals surface area (Å²) in [5.74, 6) is 0.410. The zero-order valence-corrected chi connectivity index (χ0v) is 13.8. The van der Waals surface area contributed by atoms with Gasteiger partial charge < -0.3 is 14.6 Å². The van der Waals surface area contributed by atoms with Gasteiger partial charge in [-0.3, -0.25) is 4.79 Å². The lowest BCUT2D eigenvalue weighted by atomic mass is 9.78. The van der Waals surface area contributed by atoms with Crippen LogP contribution in [0, 0.1) is 5.92 Å². The summed E-state index contributed by atoms with van der Waals surface area (Å²) in [6.45, 7) is 8.75. The molecule has 0 unspecified atom stereocenters. The van der Waals surface area contributed by atoms with Crippen molar-refractivity contribution in [2.45, 2.75) is 58.3 Å². The predicted octanol–water partition coefficient (Wildman–Crippen LogP) is 2.01. The van der Waals surface area contributed by atoms with Crippen molar-refractivity contribution in [3.8, 4) is 0 Å². The predicted molar refractivity (Wildman–Crippen MR) is 86.7 cm³/mol. The van der Waals surface area contributed by atoms with Crippen LogP contribution in [0.3, 0.4) is 0 Å². The van der Waals surface area contributed by atoms with Gasteiger partial charge in [-0.2, -0.15) is 0 Å². The topological polar surface area (TPSA) is 47.6 Å². The Bertz CT molecular complexity index is 565. The maximum Gasteiger partial charge on any atom is 0.494 e. The molecule has 0 spiro atoms. The minimum absolute atomic E-state index is 0.168. The van der Waals surface area contributed by atoms with E-state index in [1.807, 2.05) is 45.9 Å². The molecule has 1 aromatic rings. The van der Waals surface area contributed by atoms with Crippen LogP contribution in [-0.2, 0) is 20.6 Å². The molecule has 1 heterocycles. The Morgan fingerprint density at radius 2 is 1.86 bits per heavy atom. The molecular formula is C17H24BNO3. The Labute approximate surface area is 132 Å². The normalized spacial score (nSPS) is 22.6. The van der Waals surface area contributed by atoms with Crippen LogP contribution in [0.15, 0.2) is 24.3 Å². The van der Waals surface area contributed by atoms with E-state index >= 15 is 0 Å². The van der Waals surface area contributed by atoms with Gasteiger partial charge in [0.1, 0.15) is 0 Å². The molecule has 1 aliphatic carbocycles. The second-order valence-electron chi connectivity index (χ2n) is 7.33. The van der Waals surface area contributed by atoms with Crippen molar-refractivity contribution in [1.29, 1.82) is 0 Å². The number of rotatable bonds is 4. The van der Waals surface area contributed by atoms with Crippen LogP contribution in [0.5, 0.6) is 0 Å². The Hall–Kier alpha value is -1.33. The lowest BCUT2D eigenvalue weighted by molar-refractivity contribution is -0.122. The number of hydrogen-bond acceptors (Lipinski definition) is 3. The van der Waals surface area contributed by atoms with Crippen LogP contribution in [0.25, 0.3) is 0 Å². The van der Waals surface area contributed by atoms with Gasteiger partial charge in [-0.1, -0.05) is 24.3 Å². The molecule has 22 heavy (non-hydrogen) atoms. The summed E-state index contributed by atoms with van der Waals surface area (Å²) in [5.41, 5.74) is 1.39. The molecule has 0 atom stereocenters. The van der Waals surface area contributed by atoms with Crippen molar-refractivity contribution in [1.82, 2.24) is 5.32 Å². The van der Waals surface area contributed by atoms with Gasteiger partial charge in [0.25, 0.3) is 0 Å². The minimum atomic E-state index is -0.357. The fourth-order valence-electron chi connectivity index (χ4n) is 2.51. The smallest absolute Gasteiger partial charge is 0.399 e. The zero-order valence-electron chi connectivity index (χ0n) is 13.8. The average Bonchev–Trinajstić information content (AvgIpc) is 3.25. The van der Waals surface area contributed by atoms with Crippen molar-refractivity contribution < 1.29 is 14.1 Å². The monoisotopic (exact) mass is 301 g/mol. The molecule has 0 aromatic heterocycles. The number of carbonyl (C=O) groups is 1. The van der Waals surface area contributed by atoms with Crippen LogP contribution in [0.4, 0.5) is 0 Å². The van der Waals surface area contributed by atoms with Crippen molar-refractivity contribution in [2.75, 3.05) is 0 Å². The lowest BCUT2D eigenvalue weighted by Crippen LogP contribution is -2.41. The van der Waals surface area contributed by atoms with Gasteiger partial charge in [0.05, 0.1) is 11.2 Å². The highest BCUT2D eigenvalue weighted by Gasteiger charge is 2.51. The van der Waals surface area contributed by atoms with E-state index in [1.54, 1.807) is 0 Å². The van der Waals surface area contributed by atoms with Crippen molar-refractivity contribution in [3.63, 3.8) is 0 Å². The largest absolute Gasteiger partial charge is 0.494 e. The van der Waals surface area contributed by atoms with Crippen LogP contribution < -0.4 is 10.8 Å². The first kappa shape index (κ1) is 15.6.